The van der Waals surface area contributed by atoms with E-state index in [4.69, 9.17) is 4.74 Å². The Bertz CT molecular complexity index is 736. The van der Waals surface area contributed by atoms with Gasteiger partial charge in [-0.1, -0.05) is 0 Å². The van der Waals surface area contributed by atoms with Crippen LogP contribution >= 0.6 is 11.3 Å². The minimum Gasteiger partial charge on any atom is -0.462 e. The first-order valence-corrected chi connectivity index (χ1v) is 10.6. The normalized spacial score (nSPS) is 16.6. The molecule has 1 aliphatic rings. The Morgan fingerprint density at radius 2 is 1.92 bits per heavy atom. The van der Waals surface area contributed by atoms with Crippen LogP contribution < -0.4 is 5.32 Å². The highest BCUT2D eigenvalue weighted by molar-refractivity contribution is 7.88. The summed E-state index contributed by atoms with van der Waals surface area (Å²) in [5.41, 5.74) is 0.361. The Kier molecular flexibility index (Phi) is 6.55. The number of piperazine rings is 1. The molecule has 0 atom stereocenters. The molecule has 1 N–H and O–H groups in total. The SMILES string of the molecule is CCOC(=O)c1cc(C)sc1NC(=O)CN1CCN(S(C)(=O)=O)CC1. The van der Waals surface area contributed by atoms with Crippen molar-refractivity contribution in [2.24, 2.45) is 0 Å². The minimum absolute atomic E-state index is 0.150. The van der Waals surface area contributed by atoms with Gasteiger partial charge in [-0.15, -0.1) is 11.3 Å². The summed E-state index contributed by atoms with van der Waals surface area (Å²) in [5, 5.41) is 3.25. The Morgan fingerprint density at radius 1 is 1.28 bits per heavy atom. The highest BCUT2D eigenvalue weighted by Crippen LogP contribution is 2.28. The van der Waals surface area contributed by atoms with E-state index in [0.29, 0.717) is 36.7 Å². The van der Waals surface area contributed by atoms with Gasteiger partial charge in [0.15, 0.2) is 0 Å². The van der Waals surface area contributed by atoms with Crippen molar-refractivity contribution in [3.05, 3.63) is 16.5 Å². The monoisotopic (exact) mass is 389 g/mol. The van der Waals surface area contributed by atoms with Gasteiger partial charge in [0, 0.05) is 31.1 Å². The molecule has 140 valence electrons. The van der Waals surface area contributed by atoms with E-state index in [1.54, 1.807) is 13.0 Å². The molecule has 1 saturated heterocycles. The van der Waals surface area contributed by atoms with Gasteiger partial charge in [0.2, 0.25) is 15.9 Å². The molecule has 0 bridgehead atoms. The zero-order valence-electron chi connectivity index (χ0n) is 14.6. The number of nitrogens with zero attached hydrogens (tertiary/aromatic N) is 2. The average Bonchev–Trinajstić information content (AvgIpc) is 2.87. The number of ether oxygens (including phenoxy) is 1. The molecular weight excluding hydrogens is 366 g/mol. The molecule has 0 radical (unpaired) electrons. The number of rotatable bonds is 6. The van der Waals surface area contributed by atoms with Crippen molar-refractivity contribution in [2.45, 2.75) is 13.8 Å². The van der Waals surface area contributed by atoms with E-state index in [1.807, 2.05) is 11.8 Å². The summed E-state index contributed by atoms with van der Waals surface area (Å²) < 4.78 is 29.4. The fourth-order valence-corrected chi connectivity index (χ4v) is 4.30. The number of esters is 1. The molecule has 1 aromatic rings. The maximum absolute atomic E-state index is 12.3. The van der Waals surface area contributed by atoms with Gasteiger partial charge in [-0.25, -0.2) is 13.2 Å². The largest absolute Gasteiger partial charge is 0.462 e. The van der Waals surface area contributed by atoms with E-state index in [-0.39, 0.29) is 19.1 Å². The highest BCUT2D eigenvalue weighted by atomic mass is 32.2. The number of nitrogens with one attached hydrogen (secondary N) is 1. The summed E-state index contributed by atoms with van der Waals surface area (Å²) in [5.74, 6) is -0.691. The predicted octanol–water partition coefficient (Wildman–Crippen LogP) is 0.749. The Labute approximate surface area is 151 Å². The lowest BCUT2D eigenvalue weighted by molar-refractivity contribution is -0.117. The molecule has 1 fully saturated rings. The molecule has 1 aliphatic heterocycles. The van der Waals surface area contributed by atoms with E-state index in [2.05, 4.69) is 5.32 Å². The number of sulfonamides is 1. The summed E-state index contributed by atoms with van der Waals surface area (Å²) >= 11 is 1.32. The number of aryl methyl sites for hydroxylation is 1. The van der Waals surface area contributed by atoms with Crippen molar-refractivity contribution in [1.82, 2.24) is 9.21 Å². The van der Waals surface area contributed by atoms with E-state index in [0.717, 1.165) is 4.88 Å². The van der Waals surface area contributed by atoms with Crippen LogP contribution in [0.25, 0.3) is 0 Å². The molecule has 2 rings (SSSR count). The molecule has 2 heterocycles. The zero-order chi connectivity index (χ0) is 18.6. The maximum atomic E-state index is 12.3. The van der Waals surface area contributed by atoms with Crippen LogP contribution in [0.2, 0.25) is 0 Å². The fourth-order valence-electron chi connectivity index (χ4n) is 2.56. The van der Waals surface area contributed by atoms with Gasteiger partial charge in [0.25, 0.3) is 0 Å². The topological polar surface area (TPSA) is 96.0 Å². The highest BCUT2D eigenvalue weighted by Gasteiger charge is 2.25. The lowest BCUT2D eigenvalue weighted by atomic mass is 10.3. The molecule has 1 aromatic heterocycles. The summed E-state index contributed by atoms with van der Waals surface area (Å²) in [6.45, 7) is 5.74. The van der Waals surface area contributed by atoms with E-state index >= 15 is 0 Å². The van der Waals surface area contributed by atoms with E-state index in [1.165, 1.54) is 21.9 Å². The first-order chi connectivity index (χ1) is 11.7. The molecule has 0 unspecified atom stereocenters. The van der Waals surface area contributed by atoms with Crippen LogP contribution in [0.3, 0.4) is 0 Å². The zero-order valence-corrected chi connectivity index (χ0v) is 16.2. The molecule has 0 saturated carbocycles. The third-order valence-electron chi connectivity index (χ3n) is 3.77. The van der Waals surface area contributed by atoms with Crippen LogP contribution in [0.1, 0.15) is 22.2 Å². The van der Waals surface area contributed by atoms with Crippen LogP contribution in [0, 0.1) is 6.92 Å². The average molecular weight is 389 g/mol. The van der Waals surface area contributed by atoms with Gasteiger partial charge in [-0.2, -0.15) is 4.31 Å². The van der Waals surface area contributed by atoms with Crippen molar-refractivity contribution >= 4 is 38.2 Å². The van der Waals surface area contributed by atoms with Gasteiger partial charge < -0.3 is 10.1 Å². The standard InChI is InChI=1S/C15H23N3O5S2/c1-4-23-15(20)12-9-11(2)24-14(12)16-13(19)10-17-5-7-18(8-6-17)25(3,21)22/h9H,4-8,10H2,1-3H3,(H,16,19). The lowest BCUT2D eigenvalue weighted by Crippen LogP contribution is -2.50. The quantitative estimate of drug-likeness (QED) is 0.722. The fraction of sp³-hybridized carbons (Fsp3) is 0.600. The van der Waals surface area contributed by atoms with Crippen LogP contribution in [-0.4, -0.2) is 75.1 Å². The van der Waals surface area contributed by atoms with Gasteiger partial charge in [0.1, 0.15) is 5.00 Å². The predicted molar refractivity (Wildman–Crippen MR) is 96.5 cm³/mol. The Balaban J connectivity index is 1.92. The third-order valence-corrected chi connectivity index (χ3v) is 6.04. The second-order valence-electron chi connectivity index (χ2n) is 5.81. The van der Waals surface area contributed by atoms with Crippen LogP contribution in [0.5, 0.6) is 0 Å². The van der Waals surface area contributed by atoms with Gasteiger partial charge >= 0.3 is 5.97 Å². The van der Waals surface area contributed by atoms with Gasteiger partial charge in [-0.3, -0.25) is 9.69 Å². The maximum Gasteiger partial charge on any atom is 0.341 e. The van der Waals surface area contributed by atoms with Crippen molar-refractivity contribution < 1.29 is 22.7 Å². The van der Waals surface area contributed by atoms with Crippen LogP contribution in [-0.2, 0) is 19.6 Å². The summed E-state index contributed by atoms with van der Waals surface area (Å²) in [7, 11) is -3.19. The molecule has 0 aliphatic carbocycles. The summed E-state index contributed by atoms with van der Waals surface area (Å²) in [4.78, 5) is 27.0. The first-order valence-electron chi connectivity index (χ1n) is 7.95. The summed E-state index contributed by atoms with van der Waals surface area (Å²) in [6, 6.07) is 1.70. The number of anilines is 1. The van der Waals surface area contributed by atoms with E-state index in [9.17, 15) is 18.0 Å². The van der Waals surface area contributed by atoms with Crippen molar-refractivity contribution in [1.29, 1.82) is 0 Å². The minimum atomic E-state index is -3.19. The number of amides is 1. The second kappa shape index (κ2) is 8.26. The van der Waals surface area contributed by atoms with Crippen LogP contribution in [0.4, 0.5) is 5.00 Å². The molecular formula is C15H23N3O5S2. The number of hydrogen-bond acceptors (Lipinski definition) is 7. The molecule has 0 spiro atoms. The van der Waals surface area contributed by atoms with Gasteiger partial charge in [-0.05, 0) is 19.9 Å². The number of hydrogen-bond donors (Lipinski definition) is 1. The number of carbonyl (C=O) groups excluding carboxylic acids is 2. The first kappa shape index (κ1) is 19.8. The van der Waals surface area contributed by atoms with Crippen molar-refractivity contribution in [2.75, 3.05) is 50.9 Å². The van der Waals surface area contributed by atoms with Gasteiger partial charge in [0.05, 0.1) is 25.0 Å². The van der Waals surface area contributed by atoms with E-state index < -0.39 is 16.0 Å². The molecule has 1 amide bonds. The molecule has 10 heteroatoms. The van der Waals surface area contributed by atoms with Crippen molar-refractivity contribution in [3.8, 4) is 0 Å². The number of thiophene rings is 1. The molecule has 8 nitrogen and oxygen atoms in total. The molecule has 0 aromatic carbocycles. The smallest absolute Gasteiger partial charge is 0.341 e. The Hall–Kier alpha value is -1.49. The number of carbonyl (C=O) groups is 2. The molecule has 25 heavy (non-hydrogen) atoms. The Morgan fingerprint density at radius 3 is 2.48 bits per heavy atom. The van der Waals surface area contributed by atoms with Crippen molar-refractivity contribution in [3.63, 3.8) is 0 Å². The van der Waals surface area contributed by atoms with Crippen LogP contribution in [0.15, 0.2) is 6.07 Å². The summed E-state index contributed by atoms with van der Waals surface area (Å²) in [6.07, 6.45) is 1.19. The third kappa shape index (κ3) is 5.50. The second-order valence-corrected chi connectivity index (χ2v) is 9.05. The lowest BCUT2D eigenvalue weighted by Gasteiger charge is -2.32.